The molecule has 1 aliphatic rings. The van der Waals surface area contributed by atoms with Crippen molar-refractivity contribution in [1.29, 1.82) is 0 Å². The van der Waals surface area contributed by atoms with Gasteiger partial charge in [-0.2, -0.15) is 4.31 Å². The molecule has 2 unspecified atom stereocenters. The van der Waals surface area contributed by atoms with Gasteiger partial charge in [0.2, 0.25) is 11.8 Å². The van der Waals surface area contributed by atoms with Crippen molar-refractivity contribution in [2.24, 2.45) is 5.41 Å². The van der Waals surface area contributed by atoms with E-state index in [9.17, 15) is 57.9 Å². The lowest BCUT2D eigenvalue weighted by atomic mass is 9.87. The molecule has 1 fully saturated rings. The number of nitrogens with zero attached hydrogens (tertiary/aromatic N) is 4. The zero-order valence-corrected chi connectivity index (χ0v) is 41.6. The minimum atomic E-state index is -5.58. The van der Waals surface area contributed by atoms with E-state index in [1.165, 1.54) is 84.5 Å². The van der Waals surface area contributed by atoms with Crippen molar-refractivity contribution < 1.29 is 80.5 Å². The Hall–Kier alpha value is -2.70. The summed E-state index contributed by atoms with van der Waals surface area (Å²) in [5.41, 5.74) is 4.28. The van der Waals surface area contributed by atoms with Crippen molar-refractivity contribution in [3.05, 3.63) is 24.8 Å². The van der Waals surface area contributed by atoms with Crippen molar-refractivity contribution in [3.63, 3.8) is 0 Å². The van der Waals surface area contributed by atoms with Gasteiger partial charge in [0, 0.05) is 37.1 Å². The summed E-state index contributed by atoms with van der Waals surface area (Å²) in [5.74, 6) is -1.07. The van der Waals surface area contributed by atoms with E-state index in [1.807, 2.05) is 12.2 Å². The lowest BCUT2D eigenvalue weighted by Crippen LogP contribution is -2.46. The van der Waals surface area contributed by atoms with Gasteiger partial charge in [0.25, 0.3) is 0 Å². The maximum atomic E-state index is 12.7. The van der Waals surface area contributed by atoms with Gasteiger partial charge in [0.05, 0.1) is 19.5 Å². The normalized spacial score (nSPS) is 20.2. The number of nitrogens with one attached hydrogen (secondary N) is 2. The number of aliphatic hydroxyl groups excluding tert-OH is 2. The van der Waals surface area contributed by atoms with E-state index in [-0.39, 0.29) is 41.6 Å². The number of rotatable bonds is 34. The number of carbonyl (C=O) groups is 3. The van der Waals surface area contributed by atoms with Gasteiger partial charge in [-0.25, -0.2) is 28.6 Å². The molecule has 10 N–H and O–H groups in total. The molecule has 0 aromatic carbocycles. The molecule has 3 heterocycles. The molecule has 0 radical (unpaired) electrons. The monoisotopic (exact) mass is 1030 g/mol. The SMILES string of the molecule is CCCCCCCCCCCCCC/C=C\CC(=O)SCCNC(=O)CCNC(=O)[C@H](O)C(C)(C)COP(=O)(O)OP(=O)(O)OC[C@H]1O[C@@H](n2cnc3c(N)ncnc32)[C@H](O)[C@@H]1OP(=O)(O)O. The lowest BCUT2D eigenvalue weighted by molar-refractivity contribution is -0.137. The van der Waals surface area contributed by atoms with Crippen molar-refractivity contribution in [1.82, 2.24) is 30.2 Å². The summed E-state index contributed by atoms with van der Waals surface area (Å²) >= 11 is 1.11. The maximum Gasteiger partial charge on any atom is 0.481 e. The molecule has 2 amide bonds. The van der Waals surface area contributed by atoms with Crippen molar-refractivity contribution in [2.45, 2.75) is 148 Å². The molecule has 0 saturated carbocycles. The zero-order chi connectivity index (χ0) is 49.7. The summed E-state index contributed by atoms with van der Waals surface area (Å²) in [5, 5.41) is 26.6. The Morgan fingerprint density at radius 2 is 1.54 bits per heavy atom. The Morgan fingerprint density at radius 3 is 2.18 bits per heavy atom. The number of aliphatic hydroxyl groups is 2. The number of fused-ring (bicyclic) bond motifs is 1. The molecular weight excluding hydrogens is 963 g/mol. The number of imidazole rings is 1. The van der Waals surface area contributed by atoms with Crippen LogP contribution in [0.15, 0.2) is 24.8 Å². The van der Waals surface area contributed by atoms with Gasteiger partial charge in [0.15, 0.2) is 22.8 Å². The Bertz CT molecular complexity index is 2040. The fourth-order valence-electron chi connectivity index (χ4n) is 6.75. The summed E-state index contributed by atoms with van der Waals surface area (Å²) < 4.78 is 62.4. The van der Waals surface area contributed by atoms with Crippen LogP contribution < -0.4 is 16.4 Å². The topological polar surface area (TPSA) is 364 Å². The van der Waals surface area contributed by atoms with Crippen LogP contribution in [0.4, 0.5) is 5.82 Å². The average molecular weight is 1030 g/mol. The van der Waals surface area contributed by atoms with Crippen LogP contribution in [-0.2, 0) is 50.7 Å². The second-order valence-electron chi connectivity index (χ2n) is 16.6. The van der Waals surface area contributed by atoms with Crippen molar-refractivity contribution >= 4 is 69.1 Å². The smallest absolute Gasteiger partial charge is 0.386 e. The quantitative estimate of drug-likeness (QED) is 0.0260. The van der Waals surface area contributed by atoms with E-state index in [0.717, 1.165) is 41.8 Å². The molecule has 0 aliphatic carbocycles. The molecule has 2 aromatic heterocycles. The Kier molecular flexibility index (Phi) is 25.2. The van der Waals surface area contributed by atoms with E-state index in [0.29, 0.717) is 12.2 Å². The Balaban J connectivity index is 1.31. The highest BCUT2D eigenvalue weighted by atomic mass is 32.2. The number of phosphoric ester groups is 3. The predicted octanol–water partition coefficient (Wildman–Crippen LogP) is 4.70. The Labute approximate surface area is 394 Å². The van der Waals surface area contributed by atoms with E-state index < -0.39 is 84.6 Å². The first kappa shape index (κ1) is 58.6. The minimum absolute atomic E-state index is 0.0166. The molecule has 3 rings (SSSR count). The second kappa shape index (κ2) is 28.8. The number of allylic oxidation sites excluding steroid dienone is 2. The number of phosphoric acid groups is 3. The first-order valence-corrected chi connectivity index (χ1v) is 27.8. The van der Waals surface area contributed by atoms with Gasteiger partial charge in [-0.15, -0.1) is 0 Å². The maximum absolute atomic E-state index is 12.7. The van der Waals surface area contributed by atoms with Crippen LogP contribution in [0, 0.1) is 5.41 Å². The van der Waals surface area contributed by atoms with Gasteiger partial charge < -0.3 is 50.9 Å². The number of nitrogens with two attached hydrogens (primary N) is 1. The summed E-state index contributed by atoms with van der Waals surface area (Å²) in [4.78, 5) is 88.3. The van der Waals surface area contributed by atoms with E-state index in [2.05, 4.69) is 41.3 Å². The van der Waals surface area contributed by atoms with Crippen LogP contribution >= 0.6 is 35.2 Å². The number of aromatic nitrogens is 4. The number of amides is 2. The standard InChI is InChI=1S/C39H68N7O17P3S/c1-4-5-6-7-8-9-10-11-12-13-14-15-16-17-18-19-30(48)67-23-22-41-29(47)20-21-42-37(51)34(50)39(2,3)25-60-66(57,58)63-65(55,56)59-24-28-33(62-64(52,53)54)32(49)38(61-28)46-27-45-31-35(40)43-26-44-36(31)46/h17-18,26-28,32-34,38,49-50H,4-16,19-25H2,1-3H3,(H,41,47)(H,42,51)(H,55,56)(H,57,58)(H2,40,43,44)(H2,52,53,54)/b18-17-/t28-,32-,33-,34+,38-/m1/s1. The largest absolute Gasteiger partial charge is 0.481 e. The molecule has 1 aliphatic heterocycles. The van der Waals surface area contributed by atoms with Crippen LogP contribution in [0.1, 0.15) is 123 Å². The highest BCUT2D eigenvalue weighted by molar-refractivity contribution is 8.13. The van der Waals surface area contributed by atoms with Crippen molar-refractivity contribution in [3.8, 4) is 0 Å². The van der Waals surface area contributed by atoms with Crippen LogP contribution in [0.25, 0.3) is 11.2 Å². The second-order valence-corrected chi connectivity index (χ2v) is 22.0. The fourth-order valence-corrected chi connectivity index (χ4v) is 10.2. The van der Waals surface area contributed by atoms with Gasteiger partial charge in [-0.1, -0.05) is 115 Å². The molecule has 0 spiro atoms. The third-order valence-electron chi connectivity index (χ3n) is 10.4. The first-order valence-electron chi connectivity index (χ1n) is 22.3. The summed E-state index contributed by atoms with van der Waals surface area (Å²) in [7, 11) is -16.4. The number of unbranched alkanes of at least 4 members (excludes halogenated alkanes) is 12. The molecule has 0 bridgehead atoms. The predicted molar refractivity (Wildman–Crippen MR) is 247 cm³/mol. The van der Waals surface area contributed by atoms with E-state index in [1.54, 1.807) is 0 Å². The lowest BCUT2D eigenvalue weighted by Gasteiger charge is -2.30. The number of ether oxygens (including phenoxy) is 1. The highest BCUT2D eigenvalue weighted by Gasteiger charge is 2.50. The molecular formula is C39H68N7O17P3S. The number of hydrogen-bond acceptors (Lipinski definition) is 18. The molecule has 28 heteroatoms. The third kappa shape index (κ3) is 21.9. The van der Waals surface area contributed by atoms with E-state index in [4.69, 9.17) is 19.5 Å². The molecule has 382 valence electrons. The molecule has 2 aromatic rings. The fraction of sp³-hybridized carbons (Fsp3) is 0.744. The van der Waals surface area contributed by atoms with Gasteiger partial charge in [0.1, 0.15) is 36.3 Å². The molecule has 24 nitrogen and oxygen atoms in total. The number of nitrogen functional groups attached to an aromatic ring is 1. The molecule has 67 heavy (non-hydrogen) atoms. The van der Waals surface area contributed by atoms with Crippen molar-refractivity contribution in [2.75, 3.05) is 37.8 Å². The minimum Gasteiger partial charge on any atom is -0.386 e. The van der Waals surface area contributed by atoms with Gasteiger partial charge >= 0.3 is 23.5 Å². The zero-order valence-electron chi connectivity index (χ0n) is 38.1. The highest BCUT2D eigenvalue weighted by Crippen LogP contribution is 2.61. The van der Waals surface area contributed by atoms with Gasteiger partial charge in [-0.3, -0.25) is 32.5 Å². The van der Waals surface area contributed by atoms with Crippen LogP contribution in [-0.4, -0.2) is 123 Å². The third-order valence-corrected chi connectivity index (χ3v) is 14.4. The molecule has 1 saturated heterocycles. The van der Waals surface area contributed by atoms with Gasteiger partial charge in [-0.05, 0) is 12.8 Å². The summed E-state index contributed by atoms with van der Waals surface area (Å²) in [6, 6.07) is 0. The Morgan fingerprint density at radius 1 is 0.910 bits per heavy atom. The van der Waals surface area contributed by atoms with Crippen LogP contribution in [0.3, 0.4) is 0 Å². The number of anilines is 1. The van der Waals surface area contributed by atoms with E-state index >= 15 is 0 Å². The first-order chi connectivity index (χ1) is 31.6. The van der Waals surface area contributed by atoms with Crippen LogP contribution in [0.2, 0.25) is 0 Å². The average Bonchev–Trinajstić information content (AvgIpc) is 3.81. The number of thioether (sulfide) groups is 1. The van der Waals surface area contributed by atoms with Crippen LogP contribution in [0.5, 0.6) is 0 Å². The number of hydrogen-bond donors (Lipinski definition) is 9. The molecule has 7 atom stereocenters. The number of carbonyl (C=O) groups excluding carboxylic acids is 3. The summed E-state index contributed by atoms with van der Waals surface area (Å²) in [6.45, 7) is 2.77. The summed E-state index contributed by atoms with van der Waals surface area (Å²) in [6.07, 6.45) is 13.7.